The molecule has 4 aromatic rings. The van der Waals surface area contributed by atoms with Gasteiger partial charge in [0.2, 0.25) is 11.9 Å². The molecule has 224 valence electrons. The second-order valence-electron chi connectivity index (χ2n) is 10.8. The molecule has 12 nitrogen and oxygen atoms in total. The minimum Gasteiger partial charge on any atom is -0.322 e. The van der Waals surface area contributed by atoms with Gasteiger partial charge in [0.25, 0.3) is 5.91 Å². The maximum atomic E-state index is 13.0. The molecule has 1 aliphatic rings. The van der Waals surface area contributed by atoms with Crippen molar-refractivity contribution in [3.05, 3.63) is 65.9 Å². The number of nitrogens with zero attached hydrogens (tertiary/aromatic N) is 6. The zero-order valence-electron chi connectivity index (χ0n) is 23.9. The topological polar surface area (TPSA) is 168 Å². The average molecular weight is 621 g/mol. The molecule has 4 N–H and O–H groups in total. The largest absolute Gasteiger partial charge is 0.322 e. The number of aromatic nitrogens is 3. The third-order valence-corrected chi connectivity index (χ3v) is 9.69. The molecule has 1 saturated heterocycles. The van der Waals surface area contributed by atoms with Crippen LogP contribution in [0.5, 0.6) is 0 Å². The number of fused-ring (bicyclic) bond motifs is 1. The van der Waals surface area contributed by atoms with Crippen molar-refractivity contribution in [2.75, 3.05) is 53.7 Å². The second kappa shape index (κ2) is 12.2. The van der Waals surface area contributed by atoms with E-state index in [1.54, 1.807) is 35.4 Å². The first-order chi connectivity index (χ1) is 20.4. The minimum absolute atomic E-state index is 0.140. The lowest BCUT2D eigenvalue weighted by molar-refractivity contribution is -0.117. The second-order valence-corrected chi connectivity index (χ2v) is 14.2. The Morgan fingerprint density at radius 3 is 2.60 bits per heavy atom. The molecule has 2 aromatic carbocycles. The van der Waals surface area contributed by atoms with Crippen molar-refractivity contribution in [2.24, 2.45) is 0 Å². The Bertz CT molecular complexity index is 1710. The summed E-state index contributed by atoms with van der Waals surface area (Å²) in [6.07, 6.45) is 1.59. The highest BCUT2D eigenvalue weighted by atomic mass is 32.3. The number of nitrogens with one attached hydrogen (secondary N) is 2. The standard InChI is InChI=1S/C29H32N8O4S2/c1-29(2,18-30)20-7-4-6-19(14-20)25(39)32-21-8-5-9-22(15-21)36(3)27-31-16-23-26(35-27)42-28(33-23)34-24(38)17-37-10-12-43(40,41)13-11-37/h4-9,14-16,40-41H,10-13,17H2,1-3H3,(H,32,39)(H,33,34,38). The Labute approximate surface area is 254 Å². The van der Waals surface area contributed by atoms with Crippen molar-refractivity contribution in [1.29, 1.82) is 5.26 Å². The fraction of sp³-hybridized carbons (Fsp3) is 0.310. The highest BCUT2D eigenvalue weighted by Gasteiger charge is 2.24. The van der Waals surface area contributed by atoms with Crippen molar-refractivity contribution >= 4 is 66.5 Å². The molecule has 3 heterocycles. The molecule has 0 unspecified atom stereocenters. The normalized spacial score (nSPS) is 15.8. The average Bonchev–Trinajstić information content (AvgIpc) is 3.39. The van der Waals surface area contributed by atoms with E-state index in [1.165, 1.54) is 11.3 Å². The lowest BCUT2D eigenvalue weighted by Gasteiger charge is -2.40. The summed E-state index contributed by atoms with van der Waals surface area (Å²) in [5.74, 6) is 0.443. The molecule has 2 aromatic heterocycles. The first kappa shape index (κ1) is 30.3. The van der Waals surface area contributed by atoms with Gasteiger partial charge >= 0.3 is 0 Å². The number of rotatable bonds is 8. The van der Waals surface area contributed by atoms with E-state index in [2.05, 4.69) is 31.7 Å². The maximum absolute atomic E-state index is 13.0. The Morgan fingerprint density at radius 2 is 1.86 bits per heavy atom. The van der Waals surface area contributed by atoms with E-state index in [9.17, 15) is 24.0 Å². The predicted molar refractivity (Wildman–Crippen MR) is 170 cm³/mol. The number of amides is 2. The quantitative estimate of drug-likeness (QED) is 0.212. The Hall–Kier alpha value is -4.13. The molecule has 14 heteroatoms. The molecule has 0 spiro atoms. The smallest absolute Gasteiger partial charge is 0.255 e. The summed E-state index contributed by atoms with van der Waals surface area (Å²) < 4.78 is 19.5. The fourth-order valence-electron chi connectivity index (χ4n) is 4.45. The summed E-state index contributed by atoms with van der Waals surface area (Å²) in [4.78, 5) is 43.3. The van der Waals surface area contributed by atoms with E-state index < -0.39 is 16.0 Å². The van der Waals surface area contributed by atoms with Gasteiger partial charge in [-0.2, -0.15) is 20.8 Å². The summed E-state index contributed by atoms with van der Waals surface area (Å²) in [7, 11) is -0.703. The molecular formula is C29H32N8O4S2. The van der Waals surface area contributed by atoms with Gasteiger partial charge in [-0.3, -0.25) is 23.6 Å². The van der Waals surface area contributed by atoms with Crippen molar-refractivity contribution in [1.82, 2.24) is 19.9 Å². The zero-order valence-corrected chi connectivity index (χ0v) is 25.6. The van der Waals surface area contributed by atoms with E-state index in [0.717, 1.165) is 11.3 Å². The third-order valence-electron chi connectivity index (χ3n) is 7.14. The van der Waals surface area contributed by atoms with Gasteiger partial charge in [0, 0.05) is 37.1 Å². The number of hydrogen-bond acceptors (Lipinski definition) is 11. The third kappa shape index (κ3) is 7.27. The van der Waals surface area contributed by atoms with Crippen LogP contribution in [0.25, 0.3) is 10.3 Å². The maximum Gasteiger partial charge on any atom is 0.255 e. The van der Waals surface area contributed by atoms with Gasteiger partial charge in [0.1, 0.15) is 5.52 Å². The Kier molecular flexibility index (Phi) is 8.63. The van der Waals surface area contributed by atoms with Gasteiger partial charge < -0.3 is 15.5 Å². The number of hydrogen-bond donors (Lipinski definition) is 4. The van der Waals surface area contributed by atoms with Crippen LogP contribution in [0.15, 0.2) is 54.7 Å². The SMILES string of the molecule is CN(c1cccc(NC(=O)c2cccc(C(C)(C)C#N)c2)c1)c1ncc2nc(NC(=O)CN3CCS(O)(O)CC3)sc2n1. The molecule has 0 saturated carbocycles. The Balaban J connectivity index is 1.25. The fourth-order valence-corrected chi connectivity index (χ4v) is 6.58. The highest BCUT2D eigenvalue weighted by molar-refractivity contribution is 8.24. The molecule has 5 rings (SSSR count). The van der Waals surface area contributed by atoms with E-state index in [1.807, 2.05) is 50.1 Å². The number of anilines is 4. The van der Waals surface area contributed by atoms with Gasteiger partial charge in [-0.1, -0.05) is 29.5 Å². The molecule has 0 aliphatic carbocycles. The van der Waals surface area contributed by atoms with Crippen LogP contribution < -0.4 is 15.5 Å². The van der Waals surface area contributed by atoms with Crippen LogP contribution in [0.4, 0.5) is 22.5 Å². The van der Waals surface area contributed by atoms with Gasteiger partial charge in [-0.05, 0) is 49.7 Å². The van der Waals surface area contributed by atoms with Gasteiger partial charge in [0.05, 0.1) is 35.7 Å². The molecule has 0 atom stereocenters. The predicted octanol–water partition coefficient (Wildman–Crippen LogP) is 4.91. The van der Waals surface area contributed by atoms with E-state index >= 15 is 0 Å². The van der Waals surface area contributed by atoms with Gasteiger partial charge in [-0.25, -0.2) is 9.97 Å². The molecule has 0 radical (unpaired) electrons. The summed E-state index contributed by atoms with van der Waals surface area (Å²) in [5, 5.41) is 15.6. The number of carbonyl (C=O) groups excluding carboxylic acids is 2. The number of nitriles is 1. The van der Waals surface area contributed by atoms with E-state index in [0.29, 0.717) is 45.8 Å². The Morgan fingerprint density at radius 1 is 1.12 bits per heavy atom. The van der Waals surface area contributed by atoms with Crippen LogP contribution in [0.1, 0.15) is 29.8 Å². The van der Waals surface area contributed by atoms with Crippen LogP contribution in [0, 0.1) is 11.3 Å². The number of carbonyl (C=O) groups is 2. The first-order valence-corrected chi connectivity index (χ1v) is 16.2. The zero-order chi connectivity index (χ0) is 30.8. The summed E-state index contributed by atoms with van der Waals surface area (Å²) >= 11 is 1.24. The summed E-state index contributed by atoms with van der Waals surface area (Å²) in [6.45, 7) is 4.67. The van der Waals surface area contributed by atoms with Crippen LogP contribution in [0.3, 0.4) is 0 Å². The van der Waals surface area contributed by atoms with Crippen LogP contribution in [-0.4, -0.2) is 79.0 Å². The molecule has 43 heavy (non-hydrogen) atoms. The van der Waals surface area contributed by atoms with Crippen molar-refractivity contribution in [3.63, 3.8) is 0 Å². The lowest BCUT2D eigenvalue weighted by Crippen LogP contribution is -2.42. The molecule has 2 amide bonds. The van der Waals surface area contributed by atoms with Crippen LogP contribution in [-0.2, 0) is 10.2 Å². The summed E-state index contributed by atoms with van der Waals surface area (Å²) in [5.41, 5.74) is 2.38. The van der Waals surface area contributed by atoms with Crippen molar-refractivity contribution in [2.45, 2.75) is 19.3 Å². The lowest BCUT2D eigenvalue weighted by atomic mass is 9.85. The van der Waals surface area contributed by atoms with Gasteiger partial charge in [0.15, 0.2) is 9.96 Å². The van der Waals surface area contributed by atoms with Crippen molar-refractivity contribution < 1.29 is 18.7 Å². The van der Waals surface area contributed by atoms with E-state index in [4.69, 9.17) is 0 Å². The van der Waals surface area contributed by atoms with E-state index in [-0.39, 0.29) is 29.9 Å². The van der Waals surface area contributed by atoms with Crippen LogP contribution >= 0.6 is 21.9 Å². The van der Waals surface area contributed by atoms with Gasteiger partial charge in [-0.15, -0.1) is 0 Å². The molecular weight excluding hydrogens is 589 g/mol. The molecule has 0 bridgehead atoms. The van der Waals surface area contributed by atoms with Crippen LogP contribution in [0.2, 0.25) is 0 Å². The first-order valence-electron chi connectivity index (χ1n) is 13.5. The van der Waals surface area contributed by atoms with Crippen molar-refractivity contribution in [3.8, 4) is 6.07 Å². The monoisotopic (exact) mass is 620 g/mol. The minimum atomic E-state index is -2.52. The number of thiazole rings is 1. The molecule has 1 aliphatic heterocycles. The number of benzene rings is 2. The highest BCUT2D eigenvalue weighted by Crippen LogP contribution is 2.40. The molecule has 1 fully saturated rings. The summed E-state index contributed by atoms with van der Waals surface area (Å²) in [6, 6.07) is 16.6.